The van der Waals surface area contributed by atoms with Gasteiger partial charge in [-0.1, -0.05) is 36.4 Å². The predicted molar refractivity (Wildman–Crippen MR) is 72.3 cm³/mol. The number of para-hydroxylation sites is 2. The topological polar surface area (TPSA) is 21.3 Å². The molecule has 0 atom stereocenters. The van der Waals surface area contributed by atoms with E-state index >= 15 is 0 Å². The second-order valence-electron chi connectivity index (χ2n) is 3.67. The van der Waals surface area contributed by atoms with Gasteiger partial charge in [0.05, 0.1) is 7.11 Å². The summed E-state index contributed by atoms with van der Waals surface area (Å²) in [5.74, 6) is 0.880. The van der Waals surface area contributed by atoms with Crippen LogP contribution < -0.4 is 10.1 Å². The minimum absolute atomic E-state index is 0.659. The van der Waals surface area contributed by atoms with E-state index in [1.54, 1.807) is 7.11 Å². The largest absolute Gasteiger partial charge is 0.496 e. The lowest BCUT2D eigenvalue weighted by Crippen LogP contribution is -1.99. The third-order valence-corrected chi connectivity index (χ3v) is 2.64. The van der Waals surface area contributed by atoms with Crippen LogP contribution in [-0.4, -0.2) is 13.7 Å². The SMILES string of the molecule is [CH2]CNc1ccccc1-c1ccccc1OC. The molecule has 0 aliphatic carbocycles. The lowest BCUT2D eigenvalue weighted by atomic mass is 10.0. The van der Waals surface area contributed by atoms with Gasteiger partial charge in [-0.2, -0.15) is 0 Å². The molecule has 1 N–H and O–H groups in total. The van der Waals surface area contributed by atoms with Crippen LogP contribution in [0.4, 0.5) is 5.69 Å². The first-order chi connectivity index (χ1) is 8.36. The summed E-state index contributed by atoms with van der Waals surface area (Å²) in [5.41, 5.74) is 3.30. The van der Waals surface area contributed by atoms with Gasteiger partial charge in [-0.3, -0.25) is 0 Å². The predicted octanol–water partition coefficient (Wildman–Crippen LogP) is 3.61. The Hall–Kier alpha value is -1.96. The highest BCUT2D eigenvalue weighted by atomic mass is 16.5. The quantitative estimate of drug-likeness (QED) is 0.860. The van der Waals surface area contributed by atoms with Crippen molar-refractivity contribution in [1.29, 1.82) is 0 Å². The van der Waals surface area contributed by atoms with Crippen molar-refractivity contribution in [2.45, 2.75) is 0 Å². The van der Waals surface area contributed by atoms with Crippen molar-refractivity contribution in [3.05, 3.63) is 55.5 Å². The second-order valence-corrected chi connectivity index (χ2v) is 3.67. The van der Waals surface area contributed by atoms with Crippen LogP contribution in [0.3, 0.4) is 0 Å². The molecule has 0 aromatic heterocycles. The maximum Gasteiger partial charge on any atom is 0.126 e. The molecule has 0 aliphatic rings. The molecule has 0 amide bonds. The van der Waals surface area contributed by atoms with Crippen LogP contribution in [0.2, 0.25) is 0 Å². The van der Waals surface area contributed by atoms with Gasteiger partial charge in [0.15, 0.2) is 0 Å². The van der Waals surface area contributed by atoms with E-state index in [1.807, 2.05) is 36.4 Å². The minimum atomic E-state index is 0.659. The van der Waals surface area contributed by atoms with Gasteiger partial charge in [0.25, 0.3) is 0 Å². The molecule has 0 bridgehead atoms. The van der Waals surface area contributed by atoms with Crippen molar-refractivity contribution in [1.82, 2.24) is 0 Å². The Morgan fingerprint density at radius 2 is 1.65 bits per heavy atom. The Kier molecular flexibility index (Phi) is 3.66. The molecule has 87 valence electrons. The molecule has 0 unspecified atom stereocenters. The Morgan fingerprint density at radius 1 is 1.00 bits per heavy atom. The highest BCUT2D eigenvalue weighted by Gasteiger charge is 2.08. The summed E-state index contributed by atoms with van der Waals surface area (Å²) in [6, 6.07) is 16.2. The zero-order valence-corrected chi connectivity index (χ0v) is 9.94. The fourth-order valence-electron chi connectivity index (χ4n) is 1.87. The molecule has 0 saturated heterocycles. The molecule has 0 heterocycles. The molecule has 2 aromatic carbocycles. The lowest BCUT2D eigenvalue weighted by Gasteiger charge is -2.13. The number of hydrogen-bond donors (Lipinski definition) is 1. The number of anilines is 1. The first-order valence-corrected chi connectivity index (χ1v) is 5.62. The van der Waals surface area contributed by atoms with Gasteiger partial charge < -0.3 is 10.1 Å². The van der Waals surface area contributed by atoms with Crippen LogP contribution in [0.5, 0.6) is 5.75 Å². The van der Waals surface area contributed by atoms with Crippen molar-refractivity contribution in [2.24, 2.45) is 0 Å². The minimum Gasteiger partial charge on any atom is -0.496 e. The fourth-order valence-corrected chi connectivity index (χ4v) is 1.87. The van der Waals surface area contributed by atoms with E-state index in [4.69, 9.17) is 4.74 Å². The van der Waals surface area contributed by atoms with Crippen LogP contribution in [0.15, 0.2) is 48.5 Å². The van der Waals surface area contributed by atoms with E-state index in [-0.39, 0.29) is 0 Å². The molecule has 2 rings (SSSR count). The molecule has 2 heteroatoms. The van der Waals surface area contributed by atoms with Gasteiger partial charge in [-0.15, -0.1) is 0 Å². The van der Waals surface area contributed by atoms with Crippen LogP contribution >= 0.6 is 0 Å². The average Bonchev–Trinajstić information content (AvgIpc) is 2.40. The molecular weight excluding hydrogens is 210 g/mol. The lowest BCUT2D eigenvalue weighted by molar-refractivity contribution is 0.416. The summed E-state index contributed by atoms with van der Waals surface area (Å²) >= 11 is 0. The summed E-state index contributed by atoms with van der Waals surface area (Å²) in [4.78, 5) is 0. The van der Waals surface area contributed by atoms with Gasteiger partial charge in [0, 0.05) is 23.4 Å². The van der Waals surface area contributed by atoms with Gasteiger partial charge in [0.2, 0.25) is 0 Å². The van der Waals surface area contributed by atoms with E-state index in [2.05, 4.69) is 24.4 Å². The van der Waals surface area contributed by atoms with E-state index in [1.165, 1.54) is 0 Å². The second kappa shape index (κ2) is 5.39. The summed E-state index contributed by atoms with van der Waals surface area (Å²) in [6.07, 6.45) is 0. The molecule has 0 saturated carbocycles. The van der Waals surface area contributed by atoms with Crippen molar-refractivity contribution in [3.8, 4) is 16.9 Å². The molecule has 2 aromatic rings. The third kappa shape index (κ3) is 2.41. The van der Waals surface area contributed by atoms with Crippen LogP contribution in [0, 0.1) is 6.92 Å². The number of rotatable bonds is 4. The number of methoxy groups -OCH3 is 1. The normalized spacial score (nSPS) is 10.0. The Morgan fingerprint density at radius 3 is 2.35 bits per heavy atom. The zero-order valence-electron chi connectivity index (χ0n) is 9.94. The van der Waals surface area contributed by atoms with Crippen molar-refractivity contribution < 1.29 is 4.74 Å². The summed E-state index contributed by atoms with van der Waals surface area (Å²) in [6.45, 7) is 4.47. The summed E-state index contributed by atoms with van der Waals surface area (Å²) < 4.78 is 5.39. The molecule has 17 heavy (non-hydrogen) atoms. The van der Waals surface area contributed by atoms with Crippen molar-refractivity contribution in [3.63, 3.8) is 0 Å². The first-order valence-electron chi connectivity index (χ1n) is 5.62. The van der Waals surface area contributed by atoms with Crippen LogP contribution in [0.1, 0.15) is 0 Å². The number of nitrogens with one attached hydrogen (secondary N) is 1. The van der Waals surface area contributed by atoms with Gasteiger partial charge in [-0.05, 0) is 19.1 Å². The third-order valence-electron chi connectivity index (χ3n) is 2.64. The highest BCUT2D eigenvalue weighted by molar-refractivity contribution is 5.81. The zero-order chi connectivity index (χ0) is 12.1. The van der Waals surface area contributed by atoms with Crippen LogP contribution in [-0.2, 0) is 0 Å². The summed E-state index contributed by atoms with van der Waals surface area (Å²) in [7, 11) is 1.69. The van der Waals surface area contributed by atoms with Gasteiger partial charge >= 0.3 is 0 Å². The molecule has 0 fully saturated rings. The fraction of sp³-hybridized carbons (Fsp3) is 0.133. The Balaban J connectivity index is 2.52. The van der Waals surface area contributed by atoms with E-state index in [0.717, 1.165) is 22.6 Å². The van der Waals surface area contributed by atoms with Gasteiger partial charge in [0.1, 0.15) is 5.75 Å². The number of hydrogen-bond acceptors (Lipinski definition) is 2. The molecular formula is C15H16NO. The maximum atomic E-state index is 5.39. The molecule has 0 spiro atoms. The van der Waals surface area contributed by atoms with E-state index in [9.17, 15) is 0 Å². The number of benzene rings is 2. The maximum absolute atomic E-state index is 5.39. The Labute approximate surface area is 102 Å². The smallest absolute Gasteiger partial charge is 0.126 e. The monoisotopic (exact) mass is 226 g/mol. The Bertz CT molecular complexity index is 494. The number of ether oxygens (including phenoxy) is 1. The molecule has 1 radical (unpaired) electrons. The van der Waals surface area contributed by atoms with Gasteiger partial charge in [-0.25, -0.2) is 0 Å². The van der Waals surface area contributed by atoms with Crippen molar-refractivity contribution in [2.75, 3.05) is 19.0 Å². The highest BCUT2D eigenvalue weighted by Crippen LogP contribution is 2.34. The van der Waals surface area contributed by atoms with Crippen LogP contribution in [0.25, 0.3) is 11.1 Å². The molecule has 0 aliphatic heterocycles. The standard InChI is InChI=1S/C15H16NO/c1-3-16-14-10-6-4-8-12(14)13-9-5-7-11-15(13)17-2/h4-11,16H,1,3H2,2H3. The first kappa shape index (κ1) is 11.5. The van der Waals surface area contributed by atoms with Crippen molar-refractivity contribution >= 4 is 5.69 Å². The molecule has 2 nitrogen and oxygen atoms in total. The van der Waals surface area contributed by atoms with E-state index in [0.29, 0.717) is 6.54 Å². The summed E-state index contributed by atoms with van der Waals surface area (Å²) in [5, 5.41) is 3.26. The van der Waals surface area contributed by atoms with E-state index < -0.39 is 0 Å². The average molecular weight is 226 g/mol.